The van der Waals surface area contributed by atoms with Crippen LogP contribution in [-0.4, -0.2) is 30.3 Å². The summed E-state index contributed by atoms with van der Waals surface area (Å²) in [4.78, 5) is 22.2. The molecule has 0 aromatic heterocycles. The third kappa shape index (κ3) is 5.36. The van der Waals surface area contributed by atoms with Crippen molar-refractivity contribution >= 4 is 29.3 Å². The molecule has 6 nitrogen and oxygen atoms in total. The first-order valence-corrected chi connectivity index (χ1v) is 6.43. The number of benzene rings is 1. The molecule has 3 N–H and O–H groups in total. The maximum atomic E-state index is 11.8. The number of carbonyl (C=O) groups is 2. The molecule has 2 amide bonds. The van der Waals surface area contributed by atoms with Crippen molar-refractivity contribution in [2.45, 2.75) is 25.8 Å². The lowest BCUT2D eigenvalue weighted by atomic mass is 10.2. The van der Waals surface area contributed by atoms with Crippen LogP contribution in [-0.2, 0) is 4.79 Å². The maximum Gasteiger partial charge on any atom is 0.319 e. The number of halogens is 1. The Balaban J connectivity index is 2.55. The Morgan fingerprint density at radius 1 is 1.45 bits per heavy atom. The highest BCUT2D eigenvalue weighted by Crippen LogP contribution is 2.26. The van der Waals surface area contributed by atoms with Gasteiger partial charge in [0.05, 0.1) is 17.8 Å². The molecule has 1 aromatic rings. The van der Waals surface area contributed by atoms with Crippen molar-refractivity contribution in [2.75, 3.05) is 12.4 Å². The van der Waals surface area contributed by atoms with Gasteiger partial charge in [-0.05, 0) is 25.5 Å². The molecule has 0 radical (unpaired) electrons. The van der Waals surface area contributed by atoms with Gasteiger partial charge in [-0.25, -0.2) is 4.79 Å². The van der Waals surface area contributed by atoms with E-state index in [1.54, 1.807) is 25.1 Å². The van der Waals surface area contributed by atoms with Gasteiger partial charge in [0.1, 0.15) is 5.75 Å². The summed E-state index contributed by atoms with van der Waals surface area (Å²) >= 11 is 5.96. The van der Waals surface area contributed by atoms with E-state index in [1.807, 2.05) is 0 Å². The molecule has 1 aromatic carbocycles. The molecule has 1 unspecified atom stereocenters. The number of amides is 2. The van der Waals surface area contributed by atoms with Crippen molar-refractivity contribution in [3.05, 3.63) is 23.2 Å². The number of hydrogen-bond acceptors (Lipinski definition) is 3. The zero-order valence-corrected chi connectivity index (χ0v) is 12.0. The molecule has 0 aliphatic carbocycles. The van der Waals surface area contributed by atoms with Crippen LogP contribution in [0.25, 0.3) is 0 Å². The first kappa shape index (κ1) is 16.1. The summed E-state index contributed by atoms with van der Waals surface area (Å²) < 4.78 is 5.04. The van der Waals surface area contributed by atoms with E-state index in [-0.39, 0.29) is 12.5 Å². The second-order valence-corrected chi connectivity index (χ2v) is 4.68. The van der Waals surface area contributed by atoms with Gasteiger partial charge >= 0.3 is 12.0 Å². The molecule has 1 rings (SSSR count). The topological polar surface area (TPSA) is 87.7 Å². The summed E-state index contributed by atoms with van der Waals surface area (Å²) in [5.74, 6) is -0.321. The zero-order chi connectivity index (χ0) is 15.1. The van der Waals surface area contributed by atoms with Crippen LogP contribution in [0.1, 0.15) is 19.8 Å². The van der Waals surface area contributed by atoms with Crippen LogP contribution in [0.3, 0.4) is 0 Å². The monoisotopic (exact) mass is 300 g/mol. The van der Waals surface area contributed by atoms with E-state index in [9.17, 15) is 9.59 Å². The average Bonchev–Trinajstić information content (AvgIpc) is 2.39. The van der Waals surface area contributed by atoms with Gasteiger partial charge in [0, 0.05) is 18.5 Å². The summed E-state index contributed by atoms with van der Waals surface area (Å²) in [7, 11) is 1.51. The fraction of sp³-hybridized carbons (Fsp3) is 0.385. The molecule has 0 saturated heterocycles. The summed E-state index contributed by atoms with van der Waals surface area (Å²) in [6.45, 7) is 1.73. The summed E-state index contributed by atoms with van der Waals surface area (Å²) in [6, 6.07) is 4.20. The molecule has 0 spiro atoms. The Kier molecular flexibility index (Phi) is 6.11. The van der Waals surface area contributed by atoms with Crippen molar-refractivity contribution < 1.29 is 19.4 Å². The normalized spacial score (nSPS) is 11.6. The minimum atomic E-state index is -0.894. The fourth-order valence-electron chi connectivity index (χ4n) is 1.52. The minimum absolute atomic E-state index is 0.00135. The van der Waals surface area contributed by atoms with Gasteiger partial charge in [0.15, 0.2) is 0 Å². The third-order valence-electron chi connectivity index (χ3n) is 2.59. The molecular formula is C13H17ClN2O4. The first-order chi connectivity index (χ1) is 9.42. The predicted molar refractivity (Wildman–Crippen MR) is 76.5 cm³/mol. The summed E-state index contributed by atoms with van der Waals surface area (Å²) in [5.41, 5.74) is 0.425. The van der Waals surface area contributed by atoms with E-state index in [0.717, 1.165) is 0 Å². The largest absolute Gasteiger partial charge is 0.497 e. The number of methoxy groups -OCH3 is 1. The predicted octanol–water partition coefficient (Wildman–Crippen LogP) is 2.72. The molecule has 0 fully saturated rings. The Morgan fingerprint density at radius 2 is 2.15 bits per heavy atom. The van der Waals surface area contributed by atoms with Crippen molar-refractivity contribution in [1.29, 1.82) is 0 Å². The molecule has 20 heavy (non-hydrogen) atoms. The van der Waals surface area contributed by atoms with Gasteiger partial charge in [0.25, 0.3) is 0 Å². The number of urea groups is 1. The molecule has 0 bridgehead atoms. The van der Waals surface area contributed by atoms with Crippen molar-refractivity contribution in [1.82, 2.24) is 5.32 Å². The van der Waals surface area contributed by atoms with E-state index in [4.69, 9.17) is 21.4 Å². The second-order valence-electron chi connectivity index (χ2n) is 4.28. The Hall–Kier alpha value is -1.95. The van der Waals surface area contributed by atoms with Gasteiger partial charge in [-0.2, -0.15) is 0 Å². The number of hydrogen-bond donors (Lipinski definition) is 3. The van der Waals surface area contributed by atoms with Gasteiger partial charge in [-0.15, -0.1) is 0 Å². The molecule has 0 aliphatic heterocycles. The average molecular weight is 301 g/mol. The van der Waals surface area contributed by atoms with Crippen LogP contribution in [0, 0.1) is 0 Å². The van der Waals surface area contributed by atoms with Crippen LogP contribution < -0.4 is 15.4 Å². The number of carbonyl (C=O) groups excluding carboxylic acids is 1. The van der Waals surface area contributed by atoms with Crippen molar-refractivity contribution in [3.8, 4) is 5.75 Å². The Bertz CT molecular complexity index is 493. The highest BCUT2D eigenvalue weighted by molar-refractivity contribution is 6.33. The van der Waals surface area contributed by atoms with E-state index in [1.165, 1.54) is 7.11 Å². The Labute approximate surface area is 122 Å². The summed E-state index contributed by atoms with van der Waals surface area (Å²) in [5, 5.41) is 14.2. The molecule has 1 atom stereocenters. The number of anilines is 1. The highest BCUT2D eigenvalue weighted by Gasteiger charge is 2.11. The first-order valence-electron chi connectivity index (χ1n) is 6.05. The number of nitrogens with one attached hydrogen (secondary N) is 2. The van der Waals surface area contributed by atoms with Crippen molar-refractivity contribution in [3.63, 3.8) is 0 Å². The fourth-order valence-corrected chi connectivity index (χ4v) is 1.69. The van der Waals surface area contributed by atoms with Gasteiger partial charge in [0.2, 0.25) is 0 Å². The van der Waals surface area contributed by atoms with E-state index >= 15 is 0 Å². The molecular weight excluding hydrogens is 284 g/mol. The van der Waals surface area contributed by atoms with Crippen LogP contribution in [0.15, 0.2) is 18.2 Å². The van der Waals surface area contributed by atoms with Gasteiger partial charge in [-0.3, -0.25) is 4.79 Å². The van der Waals surface area contributed by atoms with Gasteiger partial charge in [-0.1, -0.05) is 11.6 Å². The van der Waals surface area contributed by atoms with Crippen LogP contribution in [0.4, 0.5) is 10.5 Å². The summed E-state index contributed by atoms with van der Waals surface area (Å²) in [6.07, 6.45) is 0.357. The number of rotatable bonds is 6. The van der Waals surface area contributed by atoms with Crippen LogP contribution in [0.5, 0.6) is 5.75 Å². The molecule has 0 saturated carbocycles. The van der Waals surface area contributed by atoms with Gasteiger partial charge < -0.3 is 20.5 Å². The van der Waals surface area contributed by atoms with E-state index in [0.29, 0.717) is 22.9 Å². The van der Waals surface area contributed by atoms with E-state index in [2.05, 4.69) is 10.6 Å². The number of ether oxygens (including phenoxy) is 1. The third-order valence-corrected chi connectivity index (χ3v) is 2.92. The van der Waals surface area contributed by atoms with E-state index < -0.39 is 12.0 Å². The number of aliphatic carboxylic acids is 1. The second kappa shape index (κ2) is 7.59. The van der Waals surface area contributed by atoms with Crippen LogP contribution in [0.2, 0.25) is 5.02 Å². The molecule has 0 aliphatic rings. The molecule has 7 heteroatoms. The standard InChI is InChI=1S/C13H17ClN2O4/c1-8(3-6-12(17)18)15-13(19)16-11-7-9(20-2)4-5-10(11)14/h4-5,7-8H,3,6H2,1-2H3,(H,17,18)(H2,15,16,19). The zero-order valence-electron chi connectivity index (χ0n) is 11.3. The lowest BCUT2D eigenvalue weighted by Crippen LogP contribution is -2.36. The highest BCUT2D eigenvalue weighted by atomic mass is 35.5. The lowest BCUT2D eigenvalue weighted by molar-refractivity contribution is -0.137. The number of carboxylic acid groups (broad SMARTS) is 1. The minimum Gasteiger partial charge on any atom is -0.497 e. The molecule has 110 valence electrons. The molecule has 0 heterocycles. The smallest absolute Gasteiger partial charge is 0.319 e. The van der Waals surface area contributed by atoms with Crippen LogP contribution >= 0.6 is 11.6 Å². The lowest BCUT2D eigenvalue weighted by Gasteiger charge is -2.14. The SMILES string of the molecule is COc1ccc(Cl)c(NC(=O)NC(C)CCC(=O)O)c1. The van der Waals surface area contributed by atoms with Crippen molar-refractivity contribution in [2.24, 2.45) is 0 Å². The quantitative estimate of drug-likeness (QED) is 0.754. The Morgan fingerprint density at radius 3 is 2.75 bits per heavy atom. The maximum absolute atomic E-state index is 11.8. The number of carboxylic acids is 1.